The number of hydrogen-bond donors (Lipinski definition) is 0. The molecule has 0 aliphatic heterocycles. The topological polar surface area (TPSA) is 77.3 Å². The van der Waals surface area contributed by atoms with E-state index in [1.165, 1.54) is 0 Å². The van der Waals surface area contributed by atoms with Gasteiger partial charge in [0.25, 0.3) is 0 Å². The standard InChI is InChI=1S/C21H12N6/c1-11-10-24-20-14(25-11)6-7-15-21(20)27-19-13-5-3-9-23-17(13)16-12(18(19)26-15)4-2-8-22-16/h2-10H,1H3. The smallest absolute Gasteiger partial charge is 0.117 e. The minimum absolute atomic E-state index is 0.751. The number of hydrogen-bond acceptors (Lipinski definition) is 6. The van der Waals surface area contributed by atoms with Crippen molar-refractivity contribution in [1.82, 2.24) is 29.9 Å². The Morgan fingerprint density at radius 2 is 1.19 bits per heavy atom. The molecule has 0 amide bonds. The highest BCUT2D eigenvalue weighted by molar-refractivity contribution is 6.22. The van der Waals surface area contributed by atoms with Crippen molar-refractivity contribution in [1.29, 1.82) is 0 Å². The lowest BCUT2D eigenvalue weighted by Crippen LogP contribution is -1.96. The molecule has 0 atom stereocenters. The number of fused-ring (bicyclic) bond motifs is 9. The number of aryl methyl sites for hydroxylation is 1. The van der Waals surface area contributed by atoms with E-state index >= 15 is 0 Å². The molecule has 0 fully saturated rings. The highest BCUT2D eigenvalue weighted by Crippen LogP contribution is 2.32. The molecule has 4 heterocycles. The fourth-order valence-corrected chi connectivity index (χ4v) is 3.64. The first kappa shape index (κ1) is 14.4. The van der Waals surface area contributed by atoms with Crippen molar-refractivity contribution in [2.45, 2.75) is 6.92 Å². The summed E-state index contributed by atoms with van der Waals surface area (Å²) >= 11 is 0. The molecule has 4 aromatic heterocycles. The normalized spacial score (nSPS) is 11.9. The summed E-state index contributed by atoms with van der Waals surface area (Å²) in [5.74, 6) is 0. The third-order valence-corrected chi connectivity index (χ3v) is 4.82. The van der Waals surface area contributed by atoms with Crippen molar-refractivity contribution in [2.75, 3.05) is 0 Å². The molecule has 6 heteroatoms. The maximum atomic E-state index is 4.98. The van der Waals surface area contributed by atoms with Crippen molar-refractivity contribution >= 4 is 54.9 Å². The van der Waals surface area contributed by atoms with Gasteiger partial charge in [0, 0.05) is 29.4 Å². The third-order valence-electron chi connectivity index (χ3n) is 4.82. The number of aromatic nitrogens is 6. The van der Waals surface area contributed by atoms with Gasteiger partial charge < -0.3 is 0 Å². The molecule has 0 spiro atoms. The van der Waals surface area contributed by atoms with Crippen LogP contribution in [0, 0.1) is 6.92 Å². The minimum atomic E-state index is 0.751. The Hall–Kier alpha value is -3.80. The van der Waals surface area contributed by atoms with E-state index in [1.807, 2.05) is 43.3 Å². The van der Waals surface area contributed by atoms with Gasteiger partial charge in [0.15, 0.2) is 0 Å². The molecule has 6 nitrogen and oxygen atoms in total. The molecule has 0 bridgehead atoms. The highest BCUT2D eigenvalue weighted by atomic mass is 14.9. The van der Waals surface area contributed by atoms with Gasteiger partial charge in [0.05, 0.1) is 38.8 Å². The summed E-state index contributed by atoms with van der Waals surface area (Å²) < 4.78 is 0. The van der Waals surface area contributed by atoms with Gasteiger partial charge in [0.1, 0.15) is 11.0 Å². The lowest BCUT2D eigenvalue weighted by molar-refractivity contribution is 1.19. The molecule has 0 aliphatic carbocycles. The highest BCUT2D eigenvalue weighted by Gasteiger charge is 2.15. The van der Waals surface area contributed by atoms with Gasteiger partial charge in [-0.1, -0.05) is 0 Å². The summed E-state index contributed by atoms with van der Waals surface area (Å²) in [5.41, 5.74) is 7.30. The van der Waals surface area contributed by atoms with Crippen LogP contribution in [0.2, 0.25) is 0 Å². The van der Waals surface area contributed by atoms with Crippen molar-refractivity contribution in [3.8, 4) is 0 Å². The van der Waals surface area contributed by atoms with Crippen molar-refractivity contribution in [3.63, 3.8) is 0 Å². The monoisotopic (exact) mass is 348 g/mol. The molecular formula is C21H12N6. The average Bonchev–Trinajstić information content (AvgIpc) is 2.72. The second kappa shape index (κ2) is 5.11. The Morgan fingerprint density at radius 1 is 0.556 bits per heavy atom. The molecule has 2 aromatic carbocycles. The number of rotatable bonds is 0. The summed E-state index contributed by atoms with van der Waals surface area (Å²) in [4.78, 5) is 28.1. The summed E-state index contributed by atoms with van der Waals surface area (Å²) in [6.07, 6.45) is 5.32. The van der Waals surface area contributed by atoms with Gasteiger partial charge in [-0.25, -0.2) is 15.0 Å². The summed E-state index contributed by atoms with van der Waals surface area (Å²) in [7, 11) is 0. The Balaban J connectivity index is 1.91. The predicted molar refractivity (Wildman–Crippen MR) is 105 cm³/mol. The molecule has 6 aromatic rings. The van der Waals surface area contributed by atoms with Gasteiger partial charge >= 0.3 is 0 Å². The first-order valence-corrected chi connectivity index (χ1v) is 8.65. The minimum Gasteiger partial charge on any atom is -0.254 e. The van der Waals surface area contributed by atoms with E-state index in [-0.39, 0.29) is 0 Å². The van der Waals surface area contributed by atoms with Crippen LogP contribution in [0.15, 0.2) is 55.0 Å². The Kier molecular flexibility index (Phi) is 2.72. The second-order valence-electron chi connectivity index (χ2n) is 6.53. The van der Waals surface area contributed by atoms with E-state index in [0.717, 1.165) is 60.6 Å². The summed E-state index contributed by atoms with van der Waals surface area (Å²) in [6, 6.07) is 11.8. The van der Waals surface area contributed by atoms with Gasteiger partial charge in [-0.15, -0.1) is 0 Å². The van der Waals surface area contributed by atoms with Gasteiger partial charge in [-0.2, -0.15) is 0 Å². The van der Waals surface area contributed by atoms with Crippen molar-refractivity contribution < 1.29 is 0 Å². The average molecular weight is 348 g/mol. The fourth-order valence-electron chi connectivity index (χ4n) is 3.64. The second-order valence-corrected chi connectivity index (χ2v) is 6.53. The van der Waals surface area contributed by atoms with E-state index in [9.17, 15) is 0 Å². The first-order chi connectivity index (χ1) is 13.3. The molecule has 0 N–H and O–H groups in total. The van der Waals surface area contributed by atoms with Crippen LogP contribution in [-0.2, 0) is 0 Å². The largest absolute Gasteiger partial charge is 0.254 e. The fraction of sp³-hybridized carbons (Fsp3) is 0.0476. The Labute approximate surface area is 153 Å². The summed E-state index contributed by atoms with van der Waals surface area (Å²) in [6.45, 7) is 1.93. The zero-order valence-electron chi connectivity index (χ0n) is 14.4. The van der Waals surface area contributed by atoms with Crippen LogP contribution in [0.5, 0.6) is 0 Å². The molecule has 27 heavy (non-hydrogen) atoms. The van der Waals surface area contributed by atoms with Crippen LogP contribution in [0.3, 0.4) is 0 Å². The molecular weight excluding hydrogens is 336 g/mol. The predicted octanol–water partition coefficient (Wildman–Crippen LogP) is 4.13. The van der Waals surface area contributed by atoms with Gasteiger partial charge in [0.2, 0.25) is 0 Å². The maximum absolute atomic E-state index is 4.98. The molecule has 126 valence electrons. The molecule has 0 aliphatic rings. The molecule has 0 radical (unpaired) electrons. The lowest BCUT2D eigenvalue weighted by Gasteiger charge is -2.09. The quantitative estimate of drug-likeness (QED) is 0.303. The van der Waals surface area contributed by atoms with Gasteiger partial charge in [-0.3, -0.25) is 15.0 Å². The zero-order valence-corrected chi connectivity index (χ0v) is 14.4. The van der Waals surface area contributed by atoms with E-state index in [4.69, 9.17) is 9.97 Å². The number of nitrogens with zero attached hydrogens (tertiary/aromatic N) is 6. The summed E-state index contributed by atoms with van der Waals surface area (Å²) in [5, 5.41) is 1.88. The van der Waals surface area contributed by atoms with Crippen LogP contribution >= 0.6 is 0 Å². The van der Waals surface area contributed by atoms with Crippen molar-refractivity contribution in [3.05, 3.63) is 60.7 Å². The van der Waals surface area contributed by atoms with Crippen LogP contribution in [0.1, 0.15) is 5.69 Å². The van der Waals surface area contributed by atoms with Crippen LogP contribution in [-0.4, -0.2) is 29.9 Å². The SMILES string of the molecule is Cc1cnc2c(ccc3nc4c5cccnc5c5ncccc5c4nc32)n1. The molecule has 0 saturated heterocycles. The Morgan fingerprint density at radius 3 is 1.89 bits per heavy atom. The molecule has 6 rings (SSSR count). The maximum Gasteiger partial charge on any atom is 0.117 e. The third kappa shape index (κ3) is 1.95. The van der Waals surface area contributed by atoms with E-state index in [0.29, 0.717) is 0 Å². The van der Waals surface area contributed by atoms with Gasteiger partial charge in [-0.05, 0) is 43.3 Å². The lowest BCUT2D eigenvalue weighted by atomic mass is 10.1. The van der Waals surface area contributed by atoms with E-state index < -0.39 is 0 Å². The van der Waals surface area contributed by atoms with Crippen molar-refractivity contribution in [2.24, 2.45) is 0 Å². The zero-order chi connectivity index (χ0) is 18.0. The van der Waals surface area contributed by atoms with E-state index in [1.54, 1.807) is 18.6 Å². The van der Waals surface area contributed by atoms with Crippen LogP contribution in [0.25, 0.3) is 54.9 Å². The van der Waals surface area contributed by atoms with Crippen LogP contribution < -0.4 is 0 Å². The number of pyridine rings is 2. The Bertz CT molecular complexity index is 1540. The van der Waals surface area contributed by atoms with Crippen LogP contribution in [0.4, 0.5) is 0 Å². The van der Waals surface area contributed by atoms with E-state index in [2.05, 4.69) is 19.9 Å². The molecule has 0 unspecified atom stereocenters. The number of benzene rings is 2. The first-order valence-electron chi connectivity index (χ1n) is 8.65. The molecule has 0 saturated carbocycles.